The fraction of sp³-hybridized carbons (Fsp3) is 0.200. The Balaban J connectivity index is 2.21. The van der Waals surface area contributed by atoms with Gasteiger partial charge >= 0.3 is 6.61 Å². The average molecular weight is 371 g/mol. The maximum atomic E-state index is 12.3. The van der Waals surface area contributed by atoms with E-state index in [-0.39, 0.29) is 17.2 Å². The summed E-state index contributed by atoms with van der Waals surface area (Å²) in [6, 6.07) is 6.25. The summed E-state index contributed by atoms with van der Waals surface area (Å²) in [5, 5.41) is 4.13. The van der Waals surface area contributed by atoms with Gasteiger partial charge in [-0.2, -0.15) is 13.9 Å². The molecule has 1 aromatic carbocycles. The quantitative estimate of drug-likeness (QED) is 0.566. The predicted molar refractivity (Wildman–Crippen MR) is 82.0 cm³/mol. The van der Waals surface area contributed by atoms with Gasteiger partial charge in [0.25, 0.3) is 0 Å². The molecule has 2 rings (SSSR count). The Morgan fingerprint density at radius 1 is 1.45 bits per heavy atom. The van der Waals surface area contributed by atoms with Crippen LogP contribution in [0.15, 0.2) is 41.0 Å². The monoisotopic (exact) mass is 370 g/mol. The van der Waals surface area contributed by atoms with E-state index in [1.807, 2.05) is 6.92 Å². The van der Waals surface area contributed by atoms with Gasteiger partial charge in [0.15, 0.2) is 0 Å². The molecule has 4 nitrogen and oxygen atoms in total. The summed E-state index contributed by atoms with van der Waals surface area (Å²) in [5.41, 5.74) is 0.660. The van der Waals surface area contributed by atoms with Crippen LogP contribution < -0.4 is 4.74 Å². The molecule has 22 heavy (non-hydrogen) atoms. The number of allylic oxidation sites excluding steroid dienone is 1. The summed E-state index contributed by atoms with van der Waals surface area (Å²) in [5.74, 6) is -0.314. The normalized spacial score (nSPS) is 11.3. The van der Waals surface area contributed by atoms with E-state index >= 15 is 0 Å². The van der Waals surface area contributed by atoms with Crippen molar-refractivity contribution in [3.8, 4) is 5.75 Å². The largest absolute Gasteiger partial charge is 0.434 e. The summed E-state index contributed by atoms with van der Waals surface area (Å²) in [4.78, 5) is 12.1. The molecular formula is C15H13BrF2N2O2. The van der Waals surface area contributed by atoms with Crippen molar-refractivity contribution in [2.24, 2.45) is 0 Å². The van der Waals surface area contributed by atoms with Gasteiger partial charge in [0.2, 0.25) is 5.78 Å². The van der Waals surface area contributed by atoms with E-state index in [4.69, 9.17) is 0 Å². The van der Waals surface area contributed by atoms with Gasteiger partial charge in [-0.25, -0.2) is 0 Å². The van der Waals surface area contributed by atoms with Gasteiger partial charge in [0, 0.05) is 18.3 Å². The number of benzene rings is 1. The highest BCUT2D eigenvalue weighted by molar-refractivity contribution is 9.10. The number of ketones is 1. The molecule has 0 saturated heterocycles. The van der Waals surface area contributed by atoms with Crippen molar-refractivity contribution in [3.63, 3.8) is 0 Å². The molecule has 0 aliphatic rings. The maximum absolute atomic E-state index is 12.3. The van der Waals surface area contributed by atoms with E-state index in [0.29, 0.717) is 16.6 Å². The van der Waals surface area contributed by atoms with Crippen LogP contribution in [0.2, 0.25) is 0 Å². The van der Waals surface area contributed by atoms with Crippen LogP contribution >= 0.6 is 15.9 Å². The second-order valence-electron chi connectivity index (χ2n) is 4.30. The highest BCUT2D eigenvalue weighted by Gasteiger charge is 2.13. The number of alkyl halides is 2. The van der Waals surface area contributed by atoms with Crippen LogP contribution in [-0.2, 0) is 6.54 Å². The van der Waals surface area contributed by atoms with E-state index in [0.717, 1.165) is 0 Å². The zero-order valence-electron chi connectivity index (χ0n) is 11.7. The molecule has 0 N–H and O–H groups in total. The number of hydrogen-bond acceptors (Lipinski definition) is 3. The van der Waals surface area contributed by atoms with Crippen molar-refractivity contribution < 1.29 is 18.3 Å². The zero-order valence-corrected chi connectivity index (χ0v) is 13.3. The molecular weight excluding hydrogens is 358 g/mol. The first-order chi connectivity index (χ1) is 10.5. The van der Waals surface area contributed by atoms with E-state index in [2.05, 4.69) is 25.8 Å². The molecule has 0 unspecified atom stereocenters. The van der Waals surface area contributed by atoms with Crippen LogP contribution in [0, 0.1) is 0 Å². The second kappa shape index (κ2) is 7.31. The molecule has 0 amide bonds. The highest BCUT2D eigenvalue weighted by atomic mass is 79.9. The third kappa shape index (κ3) is 4.00. The smallest absolute Gasteiger partial charge is 0.387 e. The Labute approximate surface area is 134 Å². The summed E-state index contributed by atoms with van der Waals surface area (Å²) >= 11 is 3.27. The minimum atomic E-state index is -2.92. The van der Waals surface area contributed by atoms with E-state index in [9.17, 15) is 13.6 Å². The van der Waals surface area contributed by atoms with Crippen molar-refractivity contribution in [1.29, 1.82) is 0 Å². The predicted octanol–water partition coefficient (Wildman–Crippen LogP) is 4.16. The molecule has 0 aliphatic carbocycles. The van der Waals surface area contributed by atoms with Crippen LogP contribution in [0.1, 0.15) is 23.0 Å². The van der Waals surface area contributed by atoms with Crippen LogP contribution in [0.25, 0.3) is 6.08 Å². The van der Waals surface area contributed by atoms with Crippen molar-refractivity contribution in [2.75, 3.05) is 0 Å². The number of ether oxygens (including phenoxy) is 1. The van der Waals surface area contributed by atoms with Gasteiger partial charge in [-0.15, -0.1) is 0 Å². The Morgan fingerprint density at radius 2 is 2.18 bits per heavy atom. The minimum Gasteiger partial charge on any atom is -0.434 e. The number of aryl methyl sites for hydroxylation is 1. The lowest BCUT2D eigenvalue weighted by atomic mass is 10.1. The fourth-order valence-corrected chi connectivity index (χ4v) is 2.30. The molecule has 0 radical (unpaired) electrons. The lowest BCUT2D eigenvalue weighted by Crippen LogP contribution is -2.03. The van der Waals surface area contributed by atoms with Crippen LogP contribution in [0.5, 0.6) is 5.75 Å². The molecule has 116 valence electrons. The van der Waals surface area contributed by atoms with E-state index < -0.39 is 6.61 Å². The Morgan fingerprint density at radius 3 is 2.82 bits per heavy atom. The molecule has 0 atom stereocenters. The average Bonchev–Trinajstić information content (AvgIpc) is 2.87. The molecule has 2 aromatic rings. The number of halogens is 3. The van der Waals surface area contributed by atoms with Gasteiger partial charge in [0.1, 0.15) is 11.4 Å². The number of carbonyl (C=O) groups excluding carboxylic acids is 1. The number of nitrogens with zero attached hydrogens (tertiary/aromatic N) is 2. The van der Waals surface area contributed by atoms with Crippen molar-refractivity contribution in [1.82, 2.24) is 9.78 Å². The van der Waals surface area contributed by atoms with Gasteiger partial charge < -0.3 is 4.74 Å². The Kier molecular flexibility index (Phi) is 5.43. The first-order valence-electron chi connectivity index (χ1n) is 6.50. The van der Waals surface area contributed by atoms with Gasteiger partial charge in [-0.05, 0) is 41.1 Å². The molecule has 0 bridgehead atoms. The summed E-state index contributed by atoms with van der Waals surface area (Å²) in [6.45, 7) is -0.373. The number of hydrogen-bond donors (Lipinski definition) is 0. The van der Waals surface area contributed by atoms with E-state index in [1.54, 1.807) is 29.1 Å². The molecule has 0 aliphatic heterocycles. The second-order valence-corrected chi connectivity index (χ2v) is 5.15. The third-order valence-corrected chi connectivity index (χ3v) is 3.40. The zero-order chi connectivity index (χ0) is 16.1. The maximum Gasteiger partial charge on any atom is 0.387 e. The van der Waals surface area contributed by atoms with E-state index in [1.165, 1.54) is 18.2 Å². The number of carbonyl (C=O) groups is 1. The SMILES string of the molecule is CCn1cc(Br)c(C(=O)C=Cc2ccccc2OC(F)F)n1. The molecule has 0 spiro atoms. The van der Waals surface area contributed by atoms with Crippen molar-refractivity contribution >= 4 is 27.8 Å². The topological polar surface area (TPSA) is 44.1 Å². The molecule has 0 fully saturated rings. The standard InChI is InChI=1S/C15H13BrF2N2O2/c1-2-20-9-11(16)14(19-20)12(21)8-7-10-5-3-4-6-13(10)22-15(17)18/h3-9,15H,2H2,1H3. The lowest BCUT2D eigenvalue weighted by Gasteiger charge is -2.07. The first-order valence-corrected chi connectivity index (χ1v) is 7.29. The minimum absolute atomic E-state index is 0.0136. The van der Waals surface area contributed by atoms with Crippen LogP contribution in [0.3, 0.4) is 0 Å². The first kappa shape index (κ1) is 16.4. The number of rotatable bonds is 6. The Hall–Kier alpha value is -2.02. The van der Waals surface area contributed by atoms with Gasteiger partial charge in [-0.3, -0.25) is 9.48 Å². The van der Waals surface area contributed by atoms with Crippen LogP contribution in [0.4, 0.5) is 8.78 Å². The molecule has 1 aromatic heterocycles. The molecule has 0 saturated carbocycles. The van der Waals surface area contributed by atoms with Gasteiger partial charge in [0.05, 0.1) is 4.47 Å². The molecule has 7 heteroatoms. The summed E-state index contributed by atoms with van der Waals surface area (Å²) < 4.78 is 31.3. The van der Waals surface area contributed by atoms with Crippen molar-refractivity contribution in [2.45, 2.75) is 20.1 Å². The summed E-state index contributed by atoms with van der Waals surface area (Å²) in [7, 11) is 0. The third-order valence-electron chi connectivity index (χ3n) is 2.82. The van der Waals surface area contributed by atoms with Crippen LogP contribution in [-0.4, -0.2) is 22.2 Å². The summed E-state index contributed by atoms with van der Waals surface area (Å²) in [6.07, 6.45) is 4.41. The van der Waals surface area contributed by atoms with Gasteiger partial charge in [-0.1, -0.05) is 18.2 Å². The Bertz CT molecular complexity index is 699. The number of para-hydroxylation sites is 1. The van der Waals surface area contributed by atoms with Crippen molar-refractivity contribution in [3.05, 3.63) is 52.3 Å². The highest BCUT2D eigenvalue weighted by Crippen LogP contribution is 2.22. The lowest BCUT2D eigenvalue weighted by molar-refractivity contribution is -0.0499. The molecule has 1 heterocycles. The fourth-order valence-electron chi connectivity index (χ4n) is 1.79. The number of aromatic nitrogens is 2.